The van der Waals surface area contributed by atoms with Gasteiger partial charge in [0.1, 0.15) is 12.7 Å². The van der Waals surface area contributed by atoms with Crippen LogP contribution in [0.25, 0.3) is 0 Å². The standard InChI is InChI=1S/C46H78O16P2/c1-3-5-7-8-9-10-11-12-13-14-15-16-17-18-19-24-28-34-46(52)62-42(39-61-64(56,57)60-37-41(48)36-59-63(53,54)55)38-58-45(51)35-29-33-44(50)43(49)32-27-23-21-20-22-26-31-40(47)30-25-6-4-2/h6,9-10,12-13,20-23,25-27,31-32,40-44,47-50H,3-5,7-8,11,14-19,24,28-30,33-39H2,1-2H3,(H,56,57)(H2,53,54,55)/b10-9-,13-12-,22-20+,23-21-,25-6-,31-26+,32-27-/t40-,41+,42-,43+,44+/m1/s1. The molecule has 6 atom stereocenters. The number of rotatable bonds is 41. The molecule has 0 aromatic heterocycles. The molecule has 0 saturated heterocycles. The summed E-state index contributed by atoms with van der Waals surface area (Å²) in [6, 6.07) is 0. The summed E-state index contributed by atoms with van der Waals surface area (Å²) >= 11 is 0. The molecule has 0 saturated carbocycles. The van der Waals surface area contributed by atoms with Gasteiger partial charge in [0.05, 0.1) is 38.1 Å². The predicted octanol–water partition coefficient (Wildman–Crippen LogP) is 8.47. The first-order valence-corrected chi connectivity index (χ1v) is 25.6. The van der Waals surface area contributed by atoms with Gasteiger partial charge in [-0.2, -0.15) is 0 Å². The molecule has 0 radical (unpaired) electrons. The Morgan fingerprint density at radius 2 is 1.14 bits per heavy atom. The van der Waals surface area contributed by atoms with E-state index < -0.39 is 84.5 Å². The minimum absolute atomic E-state index is 0.0439. The lowest BCUT2D eigenvalue weighted by Gasteiger charge is -2.20. The van der Waals surface area contributed by atoms with Crippen LogP contribution in [0.3, 0.4) is 0 Å². The van der Waals surface area contributed by atoms with Gasteiger partial charge in [0.2, 0.25) is 0 Å². The molecule has 0 heterocycles. The van der Waals surface area contributed by atoms with Crippen molar-refractivity contribution < 1.29 is 76.9 Å². The normalized spacial score (nSPS) is 16.2. The average Bonchev–Trinajstić information content (AvgIpc) is 3.24. The summed E-state index contributed by atoms with van der Waals surface area (Å²) in [5, 5.41) is 40.2. The van der Waals surface area contributed by atoms with Crippen LogP contribution in [0.2, 0.25) is 0 Å². The van der Waals surface area contributed by atoms with E-state index in [-0.39, 0.29) is 25.7 Å². The predicted molar refractivity (Wildman–Crippen MR) is 248 cm³/mol. The molecule has 0 aliphatic carbocycles. The molecule has 368 valence electrons. The molecule has 18 heteroatoms. The second kappa shape index (κ2) is 40.5. The quantitative estimate of drug-likeness (QED) is 0.00997. The number of unbranched alkanes of at least 4 members (excludes halogenated alkanes) is 10. The van der Waals surface area contributed by atoms with Gasteiger partial charge in [-0.1, -0.05) is 144 Å². The van der Waals surface area contributed by atoms with Crippen molar-refractivity contribution in [2.45, 2.75) is 166 Å². The molecule has 0 aromatic carbocycles. The number of hydrogen-bond donors (Lipinski definition) is 7. The number of carbonyl (C=O) groups is 2. The van der Waals surface area contributed by atoms with E-state index in [1.54, 1.807) is 42.5 Å². The Bertz CT molecular complexity index is 1500. The summed E-state index contributed by atoms with van der Waals surface area (Å²) in [6.45, 7) is 1.13. The van der Waals surface area contributed by atoms with Gasteiger partial charge >= 0.3 is 27.6 Å². The Hall–Kier alpha value is -2.82. The summed E-state index contributed by atoms with van der Waals surface area (Å²) in [4.78, 5) is 52.8. The highest BCUT2D eigenvalue weighted by atomic mass is 31.2. The number of phosphoric ester groups is 2. The van der Waals surface area contributed by atoms with Crippen molar-refractivity contribution in [3.05, 3.63) is 85.1 Å². The molecule has 64 heavy (non-hydrogen) atoms. The second-order valence-electron chi connectivity index (χ2n) is 15.2. The summed E-state index contributed by atoms with van der Waals surface area (Å²) in [7, 11) is -9.81. The summed E-state index contributed by atoms with van der Waals surface area (Å²) in [5.41, 5.74) is 0. The topological polar surface area (TPSA) is 256 Å². The summed E-state index contributed by atoms with van der Waals surface area (Å²) < 4.78 is 47.6. The van der Waals surface area contributed by atoms with Crippen LogP contribution in [-0.4, -0.2) is 104 Å². The Morgan fingerprint density at radius 1 is 0.578 bits per heavy atom. The van der Waals surface area contributed by atoms with Gasteiger partial charge in [0.25, 0.3) is 0 Å². The van der Waals surface area contributed by atoms with Gasteiger partial charge in [-0.3, -0.25) is 23.2 Å². The van der Waals surface area contributed by atoms with Crippen molar-refractivity contribution in [2.24, 2.45) is 0 Å². The third-order valence-corrected chi connectivity index (χ3v) is 10.5. The maximum absolute atomic E-state index is 12.7. The third-order valence-electron chi connectivity index (χ3n) is 9.10. The van der Waals surface area contributed by atoms with E-state index >= 15 is 0 Å². The molecule has 1 unspecified atom stereocenters. The Morgan fingerprint density at radius 3 is 1.78 bits per heavy atom. The number of aliphatic hydroxyl groups is 4. The van der Waals surface area contributed by atoms with E-state index in [2.05, 4.69) is 40.3 Å². The molecule has 0 amide bonds. The van der Waals surface area contributed by atoms with Gasteiger partial charge in [0.15, 0.2) is 6.10 Å². The fourth-order valence-electron chi connectivity index (χ4n) is 5.54. The smallest absolute Gasteiger partial charge is 0.462 e. The number of allylic oxidation sites excluding steroid dienone is 11. The summed E-state index contributed by atoms with van der Waals surface area (Å²) in [5.74, 6) is -1.38. The number of phosphoric acid groups is 2. The first-order valence-electron chi connectivity index (χ1n) is 22.6. The SMILES string of the molecule is CC/C=C\C[C@@H](O)/C=C/C=C/C=C\C=C/[C@H](O)[C@@H](O)CCCC(=O)OC[C@H](COP(=O)(O)OC[C@@H](O)COP(=O)(O)O)OC(=O)CCCCCCCCC/C=C\C/C=C\CCCCC. The minimum Gasteiger partial charge on any atom is -0.462 e. The molecule has 0 rings (SSSR count). The number of esters is 2. The lowest BCUT2D eigenvalue weighted by Crippen LogP contribution is -2.30. The zero-order valence-electron chi connectivity index (χ0n) is 37.9. The number of hydrogen-bond acceptors (Lipinski definition) is 13. The maximum Gasteiger partial charge on any atom is 0.472 e. The number of carbonyl (C=O) groups excluding carboxylic acids is 2. The zero-order chi connectivity index (χ0) is 47.7. The number of aliphatic hydroxyl groups excluding tert-OH is 4. The molecule has 16 nitrogen and oxygen atoms in total. The molecule has 0 aromatic rings. The molecule has 0 aliphatic rings. The van der Waals surface area contributed by atoms with Crippen LogP contribution in [0.4, 0.5) is 0 Å². The number of ether oxygens (including phenoxy) is 2. The van der Waals surface area contributed by atoms with Crippen LogP contribution in [0.1, 0.15) is 136 Å². The Balaban J connectivity index is 4.83. The van der Waals surface area contributed by atoms with Crippen LogP contribution in [-0.2, 0) is 41.8 Å². The van der Waals surface area contributed by atoms with E-state index in [1.165, 1.54) is 25.3 Å². The second-order valence-corrected chi connectivity index (χ2v) is 17.8. The van der Waals surface area contributed by atoms with Crippen LogP contribution in [0.15, 0.2) is 85.1 Å². The molecule has 0 bridgehead atoms. The van der Waals surface area contributed by atoms with Gasteiger partial charge in [-0.25, -0.2) is 9.13 Å². The van der Waals surface area contributed by atoms with E-state index in [4.69, 9.17) is 23.8 Å². The van der Waals surface area contributed by atoms with Crippen molar-refractivity contribution in [1.29, 1.82) is 0 Å². The molecular weight excluding hydrogens is 870 g/mol. The average molecular weight is 949 g/mol. The lowest BCUT2D eigenvalue weighted by molar-refractivity contribution is -0.161. The van der Waals surface area contributed by atoms with Gasteiger partial charge in [0, 0.05) is 12.8 Å². The molecule has 7 N–H and O–H groups in total. The van der Waals surface area contributed by atoms with Crippen LogP contribution < -0.4 is 0 Å². The van der Waals surface area contributed by atoms with E-state index in [1.807, 2.05) is 19.1 Å². The highest BCUT2D eigenvalue weighted by Crippen LogP contribution is 2.43. The zero-order valence-corrected chi connectivity index (χ0v) is 39.7. The van der Waals surface area contributed by atoms with Crippen LogP contribution in [0, 0.1) is 0 Å². The molecule has 0 spiro atoms. The Labute approximate surface area is 381 Å². The van der Waals surface area contributed by atoms with E-state index in [0.29, 0.717) is 12.8 Å². The van der Waals surface area contributed by atoms with E-state index in [9.17, 15) is 44.0 Å². The molecule has 0 aliphatic heterocycles. The minimum atomic E-state index is -4.91. The maximum atomic E-state index is 12.7. The lowest BCUT2D eigenvalue weighted by atomic mass is 10.1. The van der Waals surface area contributed by atoms with Crippen molar-refractivity contribution >= 4 is 27.6 Å². The highest BCUT2D eigenvalue weighted by Gasteiger charge is 2.28. The monoisotopic (exact) mass is 948 g/mol. The van der Waals surface area contributed by atoms with Crippen LogP contribution in [0.5, 0.6) is 0 Å². The van der Waals surface area contributed by atoms with Crippen molar-refractivity contribution in [3.8, 4) is 0 Å². The van der Waals surface area contributed by atoms with Gasteiger partial charge in [-0.05, 0) is 64.2 Å². The molecule has 0 fully saturated rings. The summed E-state index contributed by atoms with van der Waals surface area (Å²) in [6.07, 6.45) is 35.1. The third kappa shape index (κ3) is 41.9. The Kier molecular flexibility index (Phi) is 38.7. The van der Waals surface area contributed by atoms with Crippen molar-refractivity contribution in [1.82, 2.24) is 0 Å². The first-order chi connectivity index (χ1) is 30.6. The van der Waals surface area contributed by atoms with Crippen molar-refractivity contribution in [3.63, 3.8) is 0 Å². The van der Waals surface area contributed by atoms with Gasteiger partial charge in [-0.15, -0.1) is 0 Å². The largest absolute Gasteiger partial charge is 0.472 e. The van der Waals surface area contributed by atoms with Gasteiger partial charge < -0.3 is 44.6 Å². The fraction of sp³-hybridized carbons (Fsp3) is 0.652. The first kappa shape index (κ1) is 61.2. The molecular formula is C46H78O16P2. The van der Waals surface area contributed by atoms with Crippen molar-refractivity contribution in [2.75, 3.05) is 26.4 Å². The van der Waals surface area contributed by atoms with Crippen LogP contribution >= 0.6 is 15.6 Å². The highest BCUT2D eigenvalue weighted by molar-refractivity contribution is 7.47. The fourth-order valence-corrected chi connectivity index (χ4v) is 6.70. The van der Waals surface area contributed by atoms with E-state index in [0.717, 1.165) is 64.2 Å².